The number of hydrogen-bond donors (Lipinski definition) is 1. The van der Waals surface area contributed by atoms with E-state index in [0.717, 1.165) is 9.52 Å². The first-order valence-corrected chi connectivity index (χ1v) is 6.24. The topological polar surface area (TPSA) is 49.2 Å². The molecule has 1 aliphatic carbocycles. The lowest BCUT2D eigenvalue weighted by molar-refractivity contribution is 0.282. The summed E-state index contributed by atoms with van der Waals surface area (Å²) in [5.41, 5.74) is 0. The first kappa shape index (κ1) is 11.1. The highest BCUT2D eigenvalue weighted by Gasteiger charge is 2.26. The van der Waals surface area contributed by atoms with Gasteiger partial charge in [-0.1, -0.05) is 0 Å². The minimum atomic E-state index is 0.159. The highest BCUT2D eigenvalue weighted by Crippen LogP contribution is 2.27. The van der Waals surface area contributed by atoms with Gasteiger partial charge in [-0.15, -0.1) is 0 Å². The minimum Gasteiger partial charge on any atom is -0.395 e. The number of anilines is 1. The number of aromatic nitrogens is 2. The van der Waals surface area contributed by atoms with E-state index in [-0.39, 0.29) is 6.61 Å². The molecule has 0 aromatic carbocycles. The van der Waals surface area contributed by atoms with Crippen LogP contribution in [0.25, 0.3) is 0 Å². The summed E-state index contributed by atoms with van der Waals surface area (Å²) >= 11 is 2.19. The lowest BCUT2D eigenvalue weighted by atomic mass is 9.92. The van der Waals surface area contributed by atoms with Crippen molar-refractivity contribution in [2.24, 2.45) is 0 Å². The van der Waals surface area contributed by atoms with Crippen molar-refractivity contribution in [1.29, 1.82) is 0 Å². The van der Waals surface area contributed by atoms with Gasteiger partial charge in [-0.25, -0.2) is 9.97 Å². The van der Waals surface area contributed by atoms with Crippen molar-refractivity contribution >= 4 is 28.5 Å². The van der Waals surface area contributed by atoms with E-state index in [4.69, 9.17) is 5.11 Å². The molecule has 1 heterocycles. The van der Waals surface area contributed by atoms with Crippen molar-refractivity contribution in [1.82, 2.24) is 9.97 Å². The van der Waals surface area contributed by atoms with E-state index in [1.807, 2.05) is 12.4 Å². The average Bonchev–Trinajstić information content (AvgIpc) is 2.16. The molecule has 1 saturated carbocycles. The summed E-state index contributed by atoms with van der Waals surface area (Å²) in [4.78, 5) is 10.7. The van der Waals surface area contributed by atoms with Gasteiger partial charge in [0.15, 0.2) is 0 Å². The summed E-state index contributed by atoms with van der Waals surface area (Å²) < 4.78 is 1.04. The normalized spacial score (nSPS) is 16.1. The van der Waals surface area contributed by atoms with Crippen molar-refractivity contribution in [3.8, 4) is 0 Å². The molecule has 82 valence electrons. The average molecular weight is 319 g/mol. The molecule has 0 bridgehead atoms. The highest BCUT2D eigenvalue weighted by molar-refractivity contribution is 14.1. The third-order valence-corrected chi connectivity index (χ3v) is 3.28. The third kappa shape index (κ3) is 2.57. The zero-order chi connectivity index (χ0) is 10.7. The predicted octanol–water partition coefficient (Wildman–Crippen LogP) is 1.43. The number of nitrogens with zero attached hydrogens (tertiary/aromatic N) is 3. The maximum absolute atomic E-state index is 9.02. The molecule has 15 heavy (non-hydrogen) atoms. The van der Waals surface area contributed by atoms with E-state index in [1.54, 1.807) is 0 Å². The van der Waals surface area contributed by atoms with Gasteiger partial charge in [-0.2, -0.15) is 0 Å². The Morgan fingerprint density at radius 2 is 2.07 bits per heavy atom. The van der Waals surface area contributed by atoms with E-state index >= 15 is 0 Å². The number of rotatable bonds is 4. The third-order valence-electron chi connectivity index (χ3n) is 2.72. The van der Waals surface area contributed by atoms with Crippen LogP contribution >= 0.6 is 22.6 Å². The van der Waals surface area contributed by atoms with Crippen LogP contribution in [0.5, 0.6) is 0 Å². The second-order valence-electron chi connectivity index (χ2n) is 3.70. The van der Waals surface area contributed by atoms with E-state index < -0.39 is 0 Å². The molecule has 1 aromatic heterocycles. The van der Waals surface area contributed by atoms with Crippen LogP contribution in [0.2, 0.25) is 0 Å². The van der Waals surface area contributed by atoms with Gasteiger partial charge in [0.1, 0.15) is 0 Å². The number of aliphatic hydroxyl groups excluding tert-OH is 1. The molecule has 0 saturated heterocycles. The van der Waals surface area contributed by atoms with Crippen molar-refractivity contribution in [3.05, 3.63) is 16.0 Å². The second kappa shape index (κ2) is 5.07. The first-order chi connectivity index (χ1) is 7.31. The first-order valence-electron chi connectivity index (χ1n) is 5.16. The molecular formula is C10H14IN3O. The summed E-state index contributed by atoms with van der Waals surface area (Å²) in [6.45, 7) is 0.789. The number of hydrogen-bond acceptors (Lipinski definition) is 4. The molecule has 2 rings (SSSR count). The molecule has 4 nitrogen and oxygen atoms in total. The van der Waals surface area contributed by atoms with Gasteiger partial charge in [0.05, 0.1) is 6.61 Å². The van der Waals surface area contributed by atoms with Crippen LogP contribution in [0.3, 0.4) is 0 Å². The van der Waals surface area contributed by atoms with E-state index in [9.17, 15) is 0 Å². The van der Waals surface area contributed by atoms with Crippen molar-refractivity contribution < 1.29 is 5.11 Å². The SMILES string of the molecule is OCCN(c1ncc(I)cn1)C1CCC1. The van der Waals surface area contributed by atoms with Crippen molar-refractivity contribution in [3.63, 3.8) is 0 Å². The molecule has 1 aromatic rings. The number of halogens is 1. The Kier molecular flexibility index (Phi) is 3.74. The molecule has 5 heteroatoms. The van der Waals surface area contributed by atoms with Crippen molar-refractivity contribution in [2.75, 3.05) is 18.1 Å². The number of aliphatic hydroxyl groups is 1. The zero-order valence-corrected chi connectivity index (χ0v) is 10.6. The second-order valence-corrected chi connectivity index (χ2v) is 4.95. The van der Waals surface area contributed by atoms with Crippen LogP contribution in [0.4, 0.5) is 5.95 Å². The van der Waals surface area contributed by atoms with Crippen LogP contribution in [0.15, 0.2) is 12.4 Å². The molecule has 0 unspecified atom stereocenters. The monoisotopic (exact) mass is 319 g/mol. The largest absolute Gasteiger partial charge is 0.395 e. The fourth-order valence-corrected chi connectivity index (χ4v) is 1.98. The van der Waals surface area contributed by atoms with Gasteiger partial charge in [-0.05, 0) is 41.9 Å². The Hall–Kier alpha value is -0.430. The predicted molar refractivity (Wildman–Crippen MR) is 66.8 cm³/mol. The Labute approximate surface area is 103 Å². The standard InChI is InChI=1S/C10H14IN3O/c11-8-6-12-10(13-7-8)14(4-5-15)9-2-1-3-9/h6-7,9,15H,1-5H2. The van der Waals surface area contributed by atoms with Crippen molar-refractivity contribution in [2.45, 2.75) is 25.3 Å². The summed E-state index contributed by atoms with van der Waals surface area (Å²) in [6.07, 6.45) is 7.28. The molecule has 1 aliphatic rings. The molecule has 0 spiro atoms. The Morgan fingerprint density at radius 1 is 1.40 bits per heavy atom. The summed E-state index contributed by atoms with van der Waals surface area (Å²) in [5.74, 6) is 0.745. The van der Waals surface area contributed by atoms with Gasteiger partial charge >= 0.3 is 0 Å². The maximum Gasteiger partial charge on any atom is 0.225 e. The lowest BCUT2D eigenvalue weighted by Crippen LogP contribution is -2.42. The van der Waals surface area contributed by atoms with Crippen LogP contribution < -0.4 is 4.90 Å². The maximum atomic E-state index is 9.02. The summed E-state index contributed by atoms with van der Waals surface area (Å²) in [6, 6.07) is 0.525. The van der Waals surface area contributed by atoms with Gasteiger partial charge in [0, 0.05) is 28.6 Å². The fourth-order valence-electron chi connectivity index (χ4n) is 1.71. The van der Waals surface area contributed by atoms with Gasteiger partial charge in [-0.3, -0.25) is 0 Å². The molecule has 0 amide bonds. The van der Waals surface area contributed by atoms with Gasteiger partial charge in [0.25, 0.3) is 0 Å². The summed E-state index contributed by atoms with van der Waals surface area (Å²) in [5, 5.41) is 9.02. The van der Waals surface area contributed by atoms with Crippen LogP contribution in [-0.4, -0.2) is 34.3 Å². The Bertz CT molecular complexity index is 313. The fraction of sp³-hybridized carbons (Fsp3) is 0.600. The minimum absolute atomic E-state index is 0.159. The van der Waals surface area contributed by atoms with E-state index in [2.05, 4.69) is 37.5 Å². The van der Waals surface area contributed by atoms with Crippen LogP contribution in [-0.2, 0) is 0 Å². The summed E-state index contributed by atoms with van der Waals surface area (Å²) in [7, 11) is 0. The van der Waals surface area contributed by atoms with E-state index in [1.165, 1.54) is 19.3 Å². The van der Waals surface area contributed by atoms with E-state index in [0.29, 0.717) is 12.6 Å². The van der Waals surface area contributed by atoms with Crippen LogP contribution in [0.1, 0.15) is 19.3 Å². The molecule has 1 fully saturated rings. The Balaban J connectivity index is 2.12. The van der Waals surface area contributed by atoms with Crippen LogP contribution in [0, 0.1) is 3.57 Å². The molecule has 0 aliphatic heterocycles. The molecule has 1 N–H and O–H groups in total. The highest BCUT2D eigenvalue weighted by atomic mass is 127. The lowest BCUT2D eigenvalue weighted by Gasteiger charge is -2.37. The smallest absolute Gasteiger partial charge is 0.225 e. The molecule has 0 atom stereocenters. The quantitative estimate of drug-likeness (QED) is 0.853. The van der Waals surface area contributed by atoms with Gasteiger partial charge < -0.3 is 10.0 Å². The zero-order valence-electron chi connectivity index (χ0n) is 8.43. The molecule has 0 radical (unpaired) electrons. The molecular weight excluding hydrogens is 305 g/mol. The Morgan fingerprint density at radius 3 is 2.53 bits per heavy atom. The van der Waals surface area contributed by atoms with Gasteiger partial charge in [0.2, 0.25) is 5.95 Å².